The van der Waals surface area contributed by atoms with Crippen LogP contribution < -0.4 is 5.32 Å². The van der Waals surface area contributed by atoms with E-state index in [1.165, 1.54) is 0 Å². The van der Waals surface area contributed by atoms with E-state index in [0.29, 0.717) is 12.5 Å². The van der Waals surface area contributed by atoms with Gasteiger partial charge in [-0.05, 0) is 25.7 Å². The maximum absolute atomic E-state index is 11.3. The Kier molecular flexibility index (Phi) is 3.09. The minimum atomic E-state index is -0.160. The Hall–Kier alpha value is -0.570. The van der Waals surface area contributed by atoms with Crippen LogP contribution in [0, 0.1) is 11.8 Å². The van der Waals surface area contributed by atoms with Crippen molar-refractivity contribution < 1.29 is 9.90 Å². The second-order valence-electron chi connectivity index (χ2n) is 3.57. The van der Waals surface area contributed by atoms with Crippen molar-refractivity contribution in [3.8, 4) is 0 Å². The van der Waals surface area contributed by atoms with Gasteiger partial charge in [-0.1, -0.05) is 6.92 Å². The van der Waals surface area contributed by atoms with Crippen LogP contribution in [0.3, 0.4) is 0 Å². The standard InChI is InChI=1S/C9H17NO2/c1-3-10-9(12)6(2)7-4-8(11)5-7/h6-8,11H,3-5H2,1-2H3,(H,10,12). The van der Waals surface area contributed by atoms with E-state index in [9.17, 15) is 4.79 Å². The molecule has 3 heteroatoms. The van der Waals surface area contributed by atoms with Crippen molar-refractivity contribution in [2.75, 3.05) is 6.54 Å². The van der Waals surface area contributed by atoms with Gasteiger partial charge in [-0.25, -0.2) is 0 Å². The third-order valence-corrected chi connectivity index (χ3v) is 2.62. The molecule has 0 aliphatic heterocycles. The summed E-state index contributed by atoms with van der Waals surface area (Å²) in [4.78, 5) is 11.3. The van der Waals surface area contributed by atoms with E-state index in [0.717, 1.165) is 12.8 Å². The minimum absolute atomic E-state index is 0.0633. The summed E-state index contributed by atoms with van der Waals surface area (Å²) >= 11 is 0. The lowest BCUT2D eigenvalue weighted by molar-refractivity contribution is -0.128. The number of rotatable bonds is 3. The van der Waals surface area contributed by atoms with Gasteiger partial charge in [-0.2, -0.15) is 0 Å². The first-order valence-corrected chi connectivity index (χ1v) is 4.61. The molecular weight excluding hydrogens is 154 g/mol. The molecule has 1 amide bonds. The van der Waals surface area contributed by atoms with Crippen molar-refractivity contribution in [3.05, 3.63) is 0 Å². The lowest BCUT2D eigenvalue weighted by atomic mass is 9.74. The molecule has 0 aromatic rings. The smallest absolute Gasteiger partial charge is 0.223 e. The highest BCUT2D eigenvalue weighted by Gasteiger charge is 2.34. The molecule has 1 unspecified atom stereocenters. The monoisotopic (exact) mass is 171 g/mol. The van der Waals surface area contributed by atoms with Crippen molar-refractivity contribution in [2.45, 2.75) is 32.8 Å². The zero-order valence-corrected chi connectivity index (χ0v) is 7.71. The molecule has 1 aliphatic rings. The van der Waals surface area contributed by atoms with Crippen molar-refractivity contribution in [1.82, 2.24) is 5.32 Å². The number of amides is 1. The van der Waals surface area contributed by atoms with Gasteiger partial charge in [0.05, 0.1) is 6.10 Å². The number of hydrogen-bond donors (Lipinski definition) is 2. The number of nitrogens with one attached hydrogen (secondary N) is 1. The largest absolute Gasteiger partial charge is 0.393 e. The molecule has 1 saturated carbocycles. The summed E-state index contributed by atoms with van der Waals surface area (Å²) in [5.41, 5.74) is 0. The van der Waals surface area contributed by atoms with Crippen LogP contribution in [0.1, 0.15) is 26.7 Å². The molecule has 2 N–H and O–H groups in total. The summed E-state index contributed by atoms with van der Waals surface area (Å²) < 4.78 is 0. The fourth-order valence-electron chi connectivity index (χ4n) is 1.59. The predicted octanol–water partition coefficient (Wildman–Crippen LogP) is 0.529. The number of carbonyl (C=O) groups is 1. The van der Waals surface area contributed by atoms with Crippen LogP contribution in [-0.4, -0.2) is 23.7 Å². The molecule has 0 aromatic heterocycles. The number of hydrogen-bond acceptors (Lipinski definition) is 2. The zero-order chi connectivity index (χ0) is 9.14. The quantitative estimate of drug-likeness (QED) is 0.650. The second kappa shape index (κ2) is 3.90. The van der Waals surface area contributed by atoms with E-state index in [2.05, 4.69) is 5.32 Å². The van der Waals surface area contributed by atoms with E-state index in [4.69, 9.17) is 5.11 Å². The van der Waals surface area contributed by atoms with E-state index in [-0.39, 0.29) is 17.9 Å². The Morgan fingerprint density at radius 2 is 2.25 bits per heavy atom. The Bertz CT molecular complexity index is 164. The molecule has 0 saturated heterocycles. The number of carbonyl (C=O) groups excluding carboxylic acids is 1. The van der Waals surface area contributed by atoms with Gasteiger partial charge in [0.1, 0.15) is 0 Å². The van der Waals surface area contributed by atoms with E-state index in [1.54, 1.807) is 0 Å². The van der Waals surface area contributed by atoms with Crippen LogP contribution in [0.2, 0.25) is 0 Å². The van der Waals surface area contributed by atoms with Gasteiger partial charge < -0.3 is 10.4 Å². The molecule has 70 valence electrons. The minimum Gasteiger partial charge on any atom is -0.393 e. The molecule has 1 fully saturated rings. The molecule has 0 aromatic carbocycles. The SMILES string of the molecule is CCNC(=O)C(C)C1CC(O)C1. The van der Waals surface area contributed by atoms with Gasteiger partial charge in [0.25, 0.3) is 0 Å². The zero-order valence-electron chi connectivity index (χ0n) is 7.71. The fraction of sp³-hybridized carbons (Fsp3) is 0.889. The number of aliphatic hydroxyl groups is 1. The summed E-state index contributed by atoms with van der Waals surface area (Å²) in [6, 6.07) is 0. The maximum atomic E-state index is 11.3. The first-order chi connectivity index (χ1) is 5.65. The first-order valence-electron chi connectivity index (χ1n) is 4.61. The number of aliphatic hydroxyl groups excluding tert-OH is 1. The fourth-order valence-corrected chi connectivity index (χ4v) is 1.59. The maximum Gasteiger partial charge on any atom is 0.223 e. The van der Waals surface area contributed by atoms with E-state index < -0.39 is 0 Å². The van der Waals surface area contributed by atoms with Gasteiger partial charge in [-0.3, -0.25) is 4.79 Å². The molecule has 0 heterocycles. The topological polar surface area (TPSA) is 49.3 Å². The lowest BCUT2D eigenvalue weighted by Gasteiger charge is -2.35. The van der Waals surface area contributed by atoms with E-state index in [1.807, 2.05) is 13.8 Å². The predicted molar refractivity (Wildman–Crippen MR) is 46.6 cm³/mol. The molecule has 1 atom stereocenters. The summed E-state index contributed by atoms with van der Waals surface area (Å²) in [7, 11) is 0. The van der Waals surface area contributed by atoms with Crippen molar-refractivity contribution in [2.24, 2.45) is 11.8 Å². The van der Waals surface area contributed by atoms with Crippen LogP contribution in [0.15, 0.2) is 0 Å². The summed E-state index contributed by atoms with van der Waals surface area (Å²) in [6.07, 6.45) is 1.42. The molecule has 1 rings (SSSR count). The van der Waals surface area contributed by atoms with Crippen LogP contribution in [0.4, 0.5) is 0 Å². The van der Waals surface area contributed by atoms with Crippen molar-refractivity contribution >= 4 is 5.91 Å². The molecule has 0 radical (unpaired) electrons. The highest BCUT2D eigenvalue weighted by molar-refractivity contribution is 5.78. The Morgan fingerprint density at radius 3 is 2.67 bits per heavy atom. The highest BCUT2D eigenvalue weighted by atomic mass is 16.3. The Labute approximate surface area is 73.2 Å². The summed E-state index contributed by atoms with van der Waals surface area (Å²) in [6.45, 7) is 4.54. The summed E-state index contributed by atoms with van der Waals surface area (Å²) in [5.74, 6) is 0.578. The normalized spacial score (nSPS) is 30.6. The molecule has 0 bridgehead atoms. The Balaban J connectivity index is 2.27. The van der Waals surface area contributed by atoms with Gasteiger partial charge in [0.15, 0.2) is 0 Å². The molecule has 12 heavy (non-hydrogen) atoms. The molecule has 3 nitrogen and oxygen atoms in total. The lowest BCUT2D eigenvalue weighted by Crippen LogP contribution is -2.40. The third kappa shape index (κ3) is 1.97. The Morgan fingerprint density at radius 1 is 1.67 bits per heavy atom. The molecule has 0 spiro atoms. The van der Waals surface area contributed by atoms with Crippen LogP contribution in [0.5, 0.6) is 0 Å². The van der Waals surface area contributed by atoms with Gasteiger partial charge in [0.2, 0.25) is 5.91 Å². The average Bonchev–Trinajstić information content (AvgIpc) is 1.98. The first kappa shape index (κ1) is 9.52. The third-order valence-electron chi connectivity index (χ3n) is 2.62. The molecule has 1 aliphatic carbocycles. The highest BCUT2D eigenvalue weighted by Crippen LogP contribution is 2.33. The van der Waals surface area contributed by atoms with Crippen LogP contribution in [0.25, 0.3) is 0 Å². The molecular formula is C9H17NO2. The van der Waals surface area contributed by atoms with Crippen LogP contribution in [-0.2, 0) is 4.79 Å². The van der Waals surface area contributed by atoms with E-state index >= 15 is 0 Å². The van der Waals surface area contributed by atoms with Gasteiger partial charge in [-0.15, -0.1) is 0 Å². The van der Waals surface area contributed by atoms with Crippen molar-refractivity contribution in [1.29, 1.82) is 0 Å². The second-order valence-corrected chi connectivity index (χ2v) is 3.57. The van der Waals surface area contributed by atoms with Crippen LogP contribution >= 0.6 is 0 Å². The summed E-state index contributed by atoms with van der Waals surface area (Å²) in [5, 5.41) is 11.8. The van der Waals surface area contributed by atoms with Crippen molar-refractivity contribution in [3.63, 3.8) is 0 Å². The average molecular weight is 171 g/mol. The van der Waals surface area contributed by atoms with Gasteiger partial charge >= 0.3 is 0 Å². The van der Waals surface area contributed by atoms with Gasteiger partial charge in [0, 0.05) is 12.5 Å².